The van der Waals surface area contributed by atoms with E-state index in [0.29, 0.717) is 30.6 Å². The second-order valence-electron chi connectivity index (χ2n) is 6.17. The van der Waals surface area contributed by atoms with E-state index in [0.717, 1.165) is 37.4 Å². The molecule has 1 amide bonds. The van der Waals surface area contributed by atoms with Crippen molar-refractivity contribution in [3.8, 4) is 10.7 Å². The number of aryl methyl sites for hydroxylation is 1. The summed E-state index contributed by atoms with van der Waals surface area (Å²) in [5.41, 5.74) is 0. The van der Waals surface area contributed by atoms with Gasteiger partial charge in [-0.1, -0.05) is 18.1 Å². The number of hydrogen-bond donors (Lipinski definition) is 1. The first-order valence-corrected chi connectivity index (χ1v) is 9.50. The summed E-state index contributed by atoms with van der Waals surface area (Å²) in [5, 5.41) is 9.07. The summed E-state index contributed by atoms with van der Waals surface area (Å²) in [5.74, 6) is 1.19. The number of hydrogen-bond acceptors (Lipinski definition) is 6. The van der Waals surface area contributed by atoms with E-state index in [9.17, 15) is 4.79 Å². The zero-order valence-electron chi connectivity index (χ0n) is 14.0. The summed E-state index contributed by atoms with van der Waals surface area (Å²) >= 11 is 1.57. The number of aromatic nitrogens is 2. The zero-order chi connectivity index (χ0) is 16.8. The number of rotatable bonds is 7. The maximum Gasteiger partial charge on any atom is 0.227 e. The van der Waals surface area contributed by atoms with Gasteiger partial charge in [0.2, 0.25) is 17.6 Å². The van der Waals surface area contributed by atoms with Crippen molar-refractivity contribution < 1.29 is 9.32 Å². The number of piperidine rings is 1. The fourth-order valence-corrected chi connectivity index (χ4v) is 3.65. The van der Waals surface area contributed by atoms with Crippen LogP contribution in [0.4, 0.5) is 0 Å². The van der Waals surface area contributed by atoms with Crippen molar-refractivity contribution in [3.05, 3.63) is 23.4 Å². The molecule has 1 aliphatic heterocycles. The molecular formula is C17H24N4O2S. The third-order valence-electron chi connectivity index (χ3n) is 4.27. The average molecular weight is 348 g/mol. The molecule has 2 aromatic rings. The Morgan fingerprint density at radius 1 is 1.46 bits per heavy atom. The normalized spacial score (nSPS) is 16.4. The number of carbonyl (C=O) groups is 1. The summed E-state index contributed by atoms with van der Waals surface area (Å²) in [6.07, 6.45) is 4.14. The van der Waals surface area contributed by atoms with E-state index < -0.39 is 0 Å². The SMILES string of the molecule is CCCN1CCC(NC(=O)CCc2nc(-c3cccs3)no2)CC1. The molecular weight excluding hydrogens is 324 g/mol. The Morgan fingerprint density at radius 2 is 2.29 bits per heavy atom. The highest BCUT2D eigenvalue weighted by Crippen LogP contribution is 2.21. The van der Waals surface area contributed by atoms with Crippen LogP contribution in [0.15, 0.2) is 22.0 Å². The van der Waals surface area contributed by atoms with Crippen LogP contribution in [0.25, 0.3) is 10.7 Å². The molecule has 0 atom stereocenters. The van der Waals surface area contributed by atoms with Gasteiger partial charge in [-0.3, -0.25) is 4.79 Å². The monoisotopic (exact) mass is 348 g/mol. The molecule has 130 valence electrons. The van der Waals surface area contributed by atoms with Crippen LogP contribution in [-0.4, -0.2) is 46.6 Å². The molecule has 0 spiro atoms. The van der Waals surface area contributed by atoms with Gasteiger partial charge >= 0.3 is 0 Å². The minimum atomic E-state index is 0.0693. The number of amides is 1. The predicted octanol–water partition coefficient (Wildman–Crippen LogP) is 2.72. The number of likely N-dealkylation sites (tertiary alicyclic amines) is 1. The van der Waals surface area contributed by atoms with Gasteiger partial charge in [0.05, 0.1) is 4.88 Å². The fraction of sp³-hybridized carbons (Fsp3) is 0.588. The topological polar surface area (TPSA) is 71.3 Å². The van der Waals surface area contributed by atoms with E-state index in [2.05, 4.69) is 27.3 Å². The highest BCUT2D eigenvalue weighted by molar-refractivity contribution is 7.13. The highest BCUT2D eigenvalue weighted by Gasteiger charge is 2.20. The van der Waals surface area contributed by atoms with Crippen molar-refractivity contribution in [1.29, 1.82) is 0 Å². The van der Waals surface area contributed by atoms with Gasteiger partial charge in [0, 0.05) is 32.0 Å². The molecule has 0 saturated carbocycles. The van der Waals surface area contributed by atoms with E-state index >= 15 is 0 Å². The average Bonchev–Trinajstić information content (AvgIpc) is 3.26. The molecule has 1 N–H and O–H groups in total. The molecule has 3 rings (SSSR count). The van der Waals surface area contributed by atoms with Crippen LogP contribution in [0, 0.1) is 0 Å². The number of thiophene rings is 1. The van der Waals surface area contributed by atoms with E-state index in [1.165, 1.54) is 6.42 Å². The van der Waals surface area contributed by atoms with Gasteiger partial charge in [0.15, 0.2) is 0 Å². The smallest absolute Gasteiger partial charge is 0.227 e. The molecule has 1 aliphatic rings. The van der Waals surface area contributed by atoms with Crippen molar-refractivity contribution in [1.82, 2.24) is 20.4 Å². The van der Waals surface area contributed by atoms with Crippen LogP contribution >= 0.6 is 11.3 Å². The molecule has 0 aliphatic carbocycles. The Labute approximate surface area is 146 Å². The molecule has 0 aromatic carbocycles. The van der Waals surface area contributed by atoms with Gasteiger partial charge in [0.25, 0.3) is 0 Å². The Kier molecular flexibility index (Phi) is 5.98. The van der Waals surface area contributed by atoms with Gasteiger partial charge in [-0.25, -0.2) is 0 Å². The summed E-state index contributed by atoms with van der Waals surface area (Å²) in [6.45, 7) is 5.51. The molecule has 1 saturated heterocycles. The fourth-order valence-electron chi connectivity index (χ4n) is 3.00. The predicted molar refractivity (Wildman–Crippen MR) is 93.8 cm³/mol. The maximum atomic E-state index is 12.1. The first-order valence-electron chi connectivity index (χ1n) is 8.62. The van der Waals surface area contributed by atoms with E-state index in [1.807, 2.05) is 17.5 Å². The lowest BCUT2D eigenvalue weighted by atomic mass is 10.0. The minimum Gasteiger partial charge on any atom is -0.353 e. The molecule has 24 heavy (non-hydrogen) atoms. The lowest BCUT2D eigenvalue weighted by molar-refractivity contribution is -0.122. The molecule has 0 radical (unpaired) electrons. The maximum absolute atomic E-state index is 12.1. The van der Waals surface area contributed by atoms with Crippen molar-refractivity contribution in [2.24, 2.45) is 0 Å². The van der Waals surface area contributed by atoms with Crippen LogP contribution in [0.2, 0.25) is 0 Å². The lowest BCUT2D eigenvalue weighted by Crippen LogP contribution is -2.44. The highest BCUT2D eigenvalue weighted by atomic mass is 32.1. The van der Waals surface area contributed by atoms with Crippen LogP contribution < -0.4 is 5.32 Å². The quantitative estimate of drug-likeness (QED) is 0.833. The number of nitrogens with zero attached hydrogens (tertiary/aromatic N) is 3. The summed E-state index contributed by atoms with van der Waals surface area (Å²) < 4.78 is 5.23. The summed E-state index contributed by atoms with van der Waals surface area (Å²) in [4.78, 5) is 19.9. The largest absolute Gasteiger partial charge is 0.353 e. The van der Waals surface area contributed by atoms with Gasteiger partial charge in [-0.2, -0.15) is 4.98 Å². The van der Waals surface area contributed by atoms with Crippen molar-refractivity contribution in [2.75, 3.05) is 19.6 Å². The third kappa shape index (κ3) is 4.64. The first kappa shape index (κ1) is 17.1. The lowest BCUT2D eigenvalue weighted by Gasteiger charge is -2.32. The van der Waals surface area contributed by atoms with Crippen LogP contribution in [0.3, 0.4) is 0 Å². The second-order valence-corrected chi connectivity index (χ2v) is 7.12. The number of carbonyl (C=O) groups excluding carboxylic acids is 1. The van der Waals surface area contributed by atoms with E-state index in [-0.39, 0.29) is 5.91 Å². The first-order chi connectivity index (χ1) is 11.7. The Hall–Kier alpha value is -1.73. The molecule has 3 heterocycles. The van der Waals surface area contributed by atoms with Gasteiger partial charge in [0.1, 0.15) is 0 Å². The van der Waals surface area contributed by atoms with Crippen molar-refractivity contribution in [3.63, 3.8) is 0 Å². The van der Waals surface area contributed by atoms with Crippen LogP contribution in [-0.2, 0) is 11.2 Å². The van der Waals surface area contributed by atoms with E-state index in [4.69, 9.17) is 4.52 Å². The van der Waals surface area contributed by atoms with Crippen molar-refractivity contribution in [2.45, 2.75) is 45.1 Å². The zero-order valence-corrected chi connectivity index (χ0v) is 14.8. The van der Waals surface area contributed by atoms with Crippen LogP contribution in [0.1, 0.15) is 38.5 Å². The summed E-state index contributed by atoms with van der Waals surface area (Å²) in [7, 11) is 0. The van der Waals surface area contributed by atoms with Crippen LogP contribution in [0.5, 0.6) is 0 Å². The molecule has 0 unspecified atom stereocenters. The Bertz CT molecular complexity index is 633. The van der Waals surface area contributed by atoms with Crippen molar-refractivity contribution >= 4 is 17.2 Å². The van der Waals surface area contributed by atoms with E-state index in [1.54, 1.807) is 11.3 Å². The molecule has 2 aromatic heterocycles. The van der Waals surface area contributed by atoms with Gasteiger partial charge in [-0.05, 0) is 37.3 Å². The Morgan fingerprint density at radius 3 is 3.00 bits per heavy atom. The minimum absolute atomic E-state index is 0.0693. The molecule has 7 heteroatoms. The summed E-state index contributed by atoms with van der Waals surface area (Å²) in [6, 6.07) is 4.21. The molecule has 0 bridgehead atoms. The molecule has 6 nitrogen and oxygen atoms in total. The number of nitrogens with one attached hydrogen (secondary N) is 1. The third-order valence-corrected chi connectivity index (χ3v) is 5.13. The Balaban J connectivity index is 1.40. The van der Waals surface area contributed by atoms with Gasteiger partial charge < -0.3 is 14.7 Å². The molecule has 1 fully saturated rings. The standard InChI is InChI=1S/C17H24N4O2S/c1-2-9-21-10-7-13(8-11-21)18-15(22)5-6-16-19-17(20-23-16)14-4-3-12-24-14/h3-4,12-13H,2,5-11H2,1H3,(H,18,22). The second kappa shape index (κ2) is 8.39. The van der Waals surface area contributed by atoms with Gasteiger partial charge in [-0.15, -0.1) is 11.3 Å².